The van der Waals surface area contributed by atoms with Crippen molar-refractivity contribution in [1.82, 2.24) is 4.98 Å². The third-order valence-electron chi connectivity index (χ3n) is 1.63. The lowest BCUT2D eigenvalue weighted by molar-refractivity contribution is 0.0114. The second kappa shape index (κ2) is 5.68. The Morgan fingerprint density at radius 1 is 1.60 bits per heavy atom. The summed E-state index contributed by atoms with van der Waals surface area (Å²) in [5.41, 5.74) is 0.199. The van der Waals surface area contributed by atoms with E-state index in [1.54, 1.807) is 32.2 Å². The van der Waals surface area contributed by atoms with Crippen molar-refractivity contribution in [2.45, 2.75) is 13.0 Å². The maximum Gasteiger partial charge on any atom is 0.357 e. The van der Waals surface area contributed by atoms with Gasteiger partial charge in [0.05, 0.1) is 6.61 Å². The molecule has 0 aliphatic heterocycles. The second-order valence-corrected chi connectivity index (χ2v) is 3.40. The Labute approximate surface area is 93.2 Å². The molecule has 0 saturated carbocycles. The van der Waals surface area contributed by atoms with Crippen molar-refractivity contribution in [2.75, 3.05) is 13.7 Å². The summed E-state index contributed by atoms with van der Waals surface area (Å²) in [6.45, 7) is 2.10. The number of carbonyl (C=O) groups is 1. The average molecular weight is 230 g/mol. The molecule has 0 bridgehead atoms. The number of ether oxygens (including phenoxy) is 2. The minimum Gasteiger partial charge on any atom is -0.455 e. The van der Waals surface area contributed by atoms with Gasteiger partial charge in [-0.15, -0.1) is 0 Å². The summed E-state index contributed by atoms with van der Waals surface area (Å²) in [6, 6.07) is 4.79. The van der Waals surface area contributed by atoms with Crippen molar-refractivity contribution in [3.05, 3.63) is 29.0 Å². The van der Waals surface area contributed by atoms with Crippen LogP contribution >= 0.6 is 11.6 Å². The number of hydrogen-bond donors (Lipinski definition) is 0. The van der Waals surface area contributed by atoms with E-state index < -0.39 is 5.97 Å². The third-order valence-corrected chi connectivity index (χ3v) is 1.84. The Hall–Kier alpha value is -1.13. The van der Waals surface area contributed by atoms with E-state index >= 15 is 0 Å². The summed E-state index contributed by atoms with van der Waals surface area (Å²) in [7, 11) is 1.54. The highest BCUT2D eigenvalue weighted by atomic mass is 35.5. The van der Waals surface area contributed by atoms with Gasteiger partial charge < -0.3 is 9.47 Å². The number of rotatable bonds is 4. The van der Waals surface area contributed by atoms with E-state index in [1.807, 2.05) is 0 Å². The maximum absolute atomic E-state index is 11.5. The summed E-state index contributed by atoms with van der Waals surface area (Å²) in [6.07, 6.45) is -0.303. The number of nitrogens with zero attached hydrogens (tertiary/aromatic N) is 1. The van der Waals surface area contributed by atoms with Crippen LogP contribution in [0.15, 0.2) is 18.2 Å². The molecule has 1 unspecified atom stereocenters. The molecule has 0 amide bonds. The fraction of sp³-hybridized carbons (Fsp3) is 0.400. The summed E-state index contributed by atoms with van der Waals surface area (Å²) in [5.74, 6) is -0.498. The van der Waals surface area contributed by atoms with Crippen molar-refractivity contribution in [1.29, 1.82) is 0 Å². The van der Waals surface area contributed by atoms with Gasteiger partial charge in [-0.05, 0) is 19.1 Å². The molecule has 5 heteroatoms. The second-order valence-electron chi connectivity index (χ2n) is 3.02. The van der Waals surface area contributed by atoms with Gasteiger partial charge in [0.25, 0.3) is 0 Å². The summed E-state index contributed by atoms with van der Waals surface area (Å²) >= 11 is 5.64. The van der Waals surface area contributed by atoms with E-state index in [1.165, 1.54) is 0 Å². The number of hydrogen-bond acceptors (Lipinski definition) is 4. The first-order chi connectivity index (χ1) is 7.13. The highest BCUT2D eigenvalue weighted by Crippen LogP contribution is 2.07. The highest BCUT2D eigenvalue weighted by molar-refractivity contribution is 6.29. The van der Waals surface area contributed by atoms with Crippen molar-refractivity contribution >= 4 is 17.6 Å². The predicted octanol–water partition coefficient (Wildman–Crippen LogP) is 1.93. The molecule has 0 aliphatic carbocycles. The van der Waals surface area contributed by atoms with E-state index in [0.717, 1.165) is 0 Å². The number of pyridine rings is 1. The zero-order chi connectivity index (χ0) is 11.3. The number of carbonyl (C=O) groups excluding carboxylic acids is 1. The summed E-state index contributed by atoms with van der Waals surface area (Å²) in [4.78, 5) is 15.3. The number of halogens is 1. The molecule has 1 aromatic rings. The molecule has 0 aromatic carbocycles. The first-order valence-electron chi connectivity index (χ1n) is 4.46. The summed E-state index contributed by atoms with van der Waals surface area (Å²) in [5, 5.41) is 0.267. The Balaban J connectivity index is 2.61. The quantitative estimate of drug-likeness (QED) is 0.585. The largest absolute Gasteiger partial charge is 0.455 e. The van der Waals surface area contributed by atoms with Gasteiger partial charge in [-0.1, -0.05) is 17.7 Å². The molecule has 1 heterocycles. The molecular formula is C10H12ClNO3. The van der Waals surface area contributed by atoms with Crippen molar-refractivity contribution in [3.63, 3.8) is 0 Å². The average Bonchev–Trinajstić information content (AvgIpc) is 2.18. The van der Waals surface area contributed by atoms with Gasteiger partial charge in [0, 0.05) is 7.11 Å². The smallest absolute Gasteiger partial charge is 0.357 e. The lowest BCUT2D eigenvalue weighted by Gasteiger charge is -2.11. The van der Waals surface area contributed by atoms with E-state index in [2.05, 4.69) is 4.98 Å². The summed E-state index contributed by atoms with van der Waals surface area (Å²) < 4.78 is 9.89. The molecule has 0 radical (unpaired) electrons. The molecule has 82 valence electrons. The number of aromatic nitrogens is 1. The normalized spacial score (nSPS) is 12.2. The van der Waals surface area contributed by atoms with Crippen LogP contribution in [0.1, 0.15) is 17.4 Å². The molecular weight excluding hydrogens is 218 g/mol. The zero-order valence-electron chi connectivity index (χ0n) is 8.57. The minimum atomic E-state index is -0.498. The fourth-order valence-electron chi connectivity index (χ4n) is 1.03. The van der Waals surface area contributed by atoms with Gasteiger partial charge in [-0.3, -0.25) is 0 Å². The Morgan fingerprint density at radius 3 is 2.93 bits per heavy atom. The third kappa shape index (κ3) is 3.85. The number of esters is 1. The van der Waals surface area contributed by atoms with Gasteiger partial charge in [-0.25, -0.2) is 9.78 Å². The van der Waals surface area contributed by atoms with Gasteiger partial charge in [0.1, 0.15) is 17.0 Å². The lowest BCUT2D eigenvalue weighted by atomic mass is 10.3. The van der Waals surface area contributed by atoms with Crippen LogP contribution in [0.4, 0.5) is 0 Å². The van der Waals surface area contributed by atoms with Crippen molar-refractivity contribution < 1.29 is 14.3 Å². The molecule has 0 spiro atoms. The van der Waals surface area contributed by atoms with E-state index in [0.29, 0.717) is 6.61 Å². The number of methoxy groups -OCH3 is 1. The molecule has 1 atom stereocenters. The molecule has 0 saturated heterocycles. The molecule has 1 aromatic heterocycles. The monoisotopic (exact) mass is 229 g/mol. The molecule has 15 heavy (non-hydrogen) atoms. The minimum absolute atomic E-state index is 0.199. The van der Waals surface area contributed by atoms with Crippen LogP contribution in [0.5, 0.6) is 0 Å². The Kier molecular flexibility index (Phi) is 4.52. The van der Waals surface area contributed by atoms with Crippen LogP contribution in [-0.2, 0) is 9.47 Å². The predicted molar refractivity (Wildman–Crippen MR) is 56.0 cm³/mol. The first kappa shape index (κ1) is 11.9. The fourth-order valence-corrected chi connectivity index (χ4v) is 1.20. The van der Waals surface area contributed by atoms with E-state index in [-0.39, 0.29) is 17.0 Å². The molecule has 0 aliphatic rings. The van der Waals surface area contributed by atoms with E-state index in [9.17, 15) is 4.79 Å². The van der Waals surface area contributed by atoms with Crippen LogP contribution in [-0.4, -0.2) is 30.8 Å². The van der Waals surface area contributed by atoms with Crippen LogP contribution < -0.4 is 0 Å². The molecule has 1 rings (SSSR count). The van der Waals surface area contributed by atoms with Crippen LogP contribution in [0.2, 0.25) is 5.15 Å². The lowest BCUT2D eigenvalue weighted by Crippen LogP contribution is -2.20. The Bertz CT molecular complexity index is 343. The molecule has 0 N–H and O–H groups in total. The van der Waals surface area contributed by atoms with Crippen LogP contribution in [0, 0.1) is 0 Å². The highest BCUT2D eigenvalue weighted by Gasteiger charge is 2.13. The topological polar surface area (TPSA) is 48.4 Å². The van der Waals surface area contributed by atoms with Gasteiger partial charge in [0.2, 0.25) is 0 Å². The Morgan fingerprint density at radius 2 is 2.33 bits per heavy atom. The molecule has 4 nitrogen and oxygen atoms in total. The van der Waals surface area contributed by atoms with Gasteiger partial charge in [-0.2, -0.15) is 0 Å². The standard InChI is InChI=1S/C10H12ClNO3/c1-7(6-14-2)15-10(13)8-4-3-5-9(11)12-8/h3-5,7H,6H2,1-2H3. The first-order valence-corrected chi connectivity index (χ1v) is 4.83. The van der Waals surface area contributed by atoms with Crippen LogP contribution in [0.25, 0.3) is 0 Å². The van der Waals surface area contributed by atoms with Gasteiger partial charge in [0.15, 0.2) is 0 Å². The van der Waals surface area contributed by atoms with Crippen molar-refractivity contribution in [3.8, 4) is 0 Å². The van der Waals surface area contributed by atoms with E-state index in [4.69, 9.17) is 21.1 Å². The molecule has 0 fully saturated rings. The van der Waals surface area contributed by atoms with Gasteiger partial charge >= 0.3 is 5.97 Å². The maximum atomic E-state index is 11.5. The SMILES string of the molecule is COCC(C)OC(=O)c1cccc(Cl)n1. The van der Waals surface area contributed by atoms with Crippen molar-refractivity contribution in [2.24, 2.45) is 0 Å². The zero-order valence-corrected chi connectivity index (χ0v) is 9.32. The van der Waals surface area contributed by atoms with Crippen LogP contribution in [0.3, 0.4) is 0 Å².